The minimum Gasteiger partial charge on any atom is -0.484 e. The van der Waals surface area contributed by atoms with Gasteiger partial charge in [0, 0.05) is 11.1 Å². The number of rotatable bonds is 7. The Kier molecular flexibility index (Phi) is 5.76. The van der Waals surface area contributed by atoms with Crippen molar-refractivity contribution in [1.82, 2.24) is 4.98 Å². The lowest BCUT2D eigenvalue weighted by atomic mass is 10.1. The molecule has 0 spiro atoms. The second kappa shape index (κ2) is 8.66. The van der Waals surface area contributed by atoms with Crippen LogP contribution in [0.25, 0.3) is 22.6 Å². The third kappa shape index (κ3) is 4.69. The summed E-state index contributed by atoms with van der Waals surface area (Å²) in [5.41, 5.74) is 2.09. The van der Waals surface area contributed by atoms with E-state index in [4.69, 9.17) is 19.4 Å². The largest absolute Gasteiger partial charge is 0.484 e. The molecule has 0 aliphatic rings. The van der Waals surface area contributed by atoms with Crippen LogP contribution in [0.5, 0.6) is 5.75 Å². The van der Waals surface area contributed by atoms with Gasteiger partial charge in [-0.3, -0.25) is 0 Å². The number of oxazole rings is 1. The fraction of sp³-hybridized carbons (Fsp3) is 0.0435. The van der Waals surface area contributed by atoms with Crippen molar-refractivity contribution in [3.8, 4) is 28.3 Å². The fourth-order valence-electron chi connectivity index (χ4n) is 3.07. The van der Waals surface area contributed by atoms with E-state index < -0.39 is 16.0 Å². The Balaban J connectivity index is 1.67. The molecule has 3 N–H and O–H groups in total. The number of sulfonamides is 1. The number of carboxylic acid groups (broad SMARTS) is 1. The Hall–Kier alpha value is -3.95. The van der Waals surface area contributed by atoms with E-state index in [-0.39, 0.29) is 23.0 Å². The minimum atomic E-state index is -3.82. The van der Waals surface area contributed by atoms with Crippen LogP contribution in [0.4, 0.5) is 0 Å². The molecule has 0 amide bonds. The van der Waals surface area contributed by atoms with Crippen LogP contribution in [0, 0.1) is 0 Å². The smallest absolute Gasteiger partial charge is 0.335 e. The topological polar surface area (TPSA) is 133 Å². The van der Waals surface area contributed by atoms with Crippen molar-refractivity contribution >= 4 is 16.0 Å². The molecule has 32 heavy (non-hydrogen) atoms. The number of primary sulfonamides is 1. The van der Waals surface area contributed by atoms with Crippen molar-refractivity contribution in [3.05, 3.63) is 90.3 Å². The molecule has 162 valence electrons. The Morgan fingerprint density at radius 3 is 2.34 bits per heavy atom. The van der Waals surface area contributed by atoms with E-state index >= 15 is 0 Å². The molecule has 0 aliphatic heterocycles. The van der Waals surface area contributed by atoms with Gasteiger partial charge in [-0.15, -0.1) is 0 Å². The molecule has 0 aliphatic carbocycles. The molecular formula is C23H18N2O6S. The van der Waals surface area contributed by atoms with Crippen LogP contribution in [0.15, 0.2) is 88.2 Å². The fourth-order valence-corrected chi connectivity index (χ4v) is 3.59. The van der Waals surface area contributed by atoms with Crippen LogP contribution in [-0.4, -0.2) is 24.5 Å². The predicted molar refractivity (Wildman–Crippen MR) is 116 cm³/mol. The minimum absolute atomic E-state index is 0.0103. The van der Waals surface area contributed by atoms with Gasteiger partial charge in [0.25, 0.3) is 0 Å². The van der Waals surface area contributed by atoms with Crippen molar-refractivity contribution in [1.29, 1.82) is 0 Å². The highest BCUT2D eigenvalue weighted by molar-refractivity contribution is 7.89. The molecule has 9 heteroatoms. The van der Waals surface area contributed by atoms with Gasteiger partial charge >= 0.3 is 5.97 Å². The molecule has 0 radical (unpaired) electrons. The molecule has 8 nitrogen and oxygen atoms in total. The zero-order valence-corrected chi connectivity index (χ0v) is 17.5. The highest BCUT2D eigenvalue weighted by Crippen LogP contribution is 2.33. The summed E-state index contributed by atoms with van der Waals surface area (Å²) in [6.45, 7) is -0.0296. The van der Waals surface area contributed by atoms with Crippen LogP contribution < -0.4 is 9.88 Å². The molecule has 0 bridgehead atoms. The van der Waals surface area contributed by atoms with Gasteiger partial charge in [0.1, 0.15) is 11.4 Å². The van der Waals surface area contributed by atoms with Gasteiger partial charge in [-0.1, -0.05) is 36.4 Å². The van der Waals surface area contributed by atoms with Crippen molar-refractivity contribution in [2.24, 2.45) is 5.14 Å². The maximum atomic E-state index is 11.5. The standard InChI is InChI=1S/C23H18N2O6S/c24-32(28,29)19-11-9-16(10-12-19)22-21(15-5-2-1-3-6-15)25-20(31-22)14-30-18-8-4-7-17(13-18)23(26)27/h1-13H,14H2,(H,26,27)(H2,24,28,29). The predicted octanol–water partition coefficient (Wildman–Crippen LogP) is 3.93. The maximum Gasteiger partial charge on any atom is 0.335 e. The summed E-state index contributed by atoms with van der Waals surface area (Å²) >= 11 is 0. The van der Waals surface area contributed by atoms with Crippen molar-refractivity contribution in [2.75, 3.05) is 0 Å². The first-order chi connectivity index (χ1) is 15.3. The molecule has 0 unspecified atom stereocenters. The Labute approximate surface area is 184 Å². The highest BCUT2D eigenvalue weighted by Gasteiger charge is 2.18. The molecule has 4 aromatic rings. The van der Waals surface area contributed by atoms with E-state index in [0.717, 1.165) is 5.56 Å². The Bertz CT molecular complexity index is 1360. The van der Waals surface area contributed by atoms with Crippen molar-refractivity contribution in [2.45, 2.75) is 11.5 Å². The summed E-state index contributed by atoms with van der Waals surface area (Å²) in [5, 5.41) is 14.3. The number of ether oxygens (including phenoxy) is 1. The first-order valence-corrected chi connectivity index (χ1v) is 11.0. The van der Waals surface area contributed by atoms with Crippen LogP contribution in [0.2, 0.25) is 0 Å². The number of carboxylic acids is 1. The number of hydrogen-bond donors (Lipinski definition) is 2. The molecule has 0 saturated carbocycles. The molecule has 1 aromatic heterocycles. The quantitative estimate of drug-likeness (QED) is 0.436. The van der Waals surface area contributed by atoms with E-state index in [1.54, 1.807) is 24.3 Å². The SMILES string of the molecule is NS(=O)(=O)c1ccc(-c2oc(COc3cccc(C(=O)O)c3)nc2-c2ccccc2)cc1. The molecule has 0 atom stereocenters. The van der Waals surface area contributed by atoms with E-state index in [9.17, 15) is 13.2 Å². The van der Waals surface area contributed by atoms with Gasteiger partial charge in [-0.05, 0) is 42.5 Å². The molecule has 0 saturated heterocycles. The summed E-state index contributed by atoms with van der Waals surface area (Å²) in [4.78, 5) is 15.7. The normalized spacial score (nSPS) is 11.3. The summed E-state index contributed by atoms with van der Waals surface area (Å²) in [6.07, 6.45) is 0. The first-order valence-electron chi connectivity index (χ1n) is 9.46. The van der Waals surface area contributed by atoms with Gasteiger partial charge in [0.05, 0.1) is 10.5 Å². The Morgan fingerprint density at radius 2 is 1.69 bits per heavy atom. The van der Waals surface area contributed by atoms with Crippen molar-refractivity contribution in [3.63, 3.8) is 0 Å². The van der Waals surface area contributed by atoms with E-state index in [1.165, 1.54) is 24.3 Å². The highest BCUT2D eigenvalue weighted by atomic mass is 32.2. The van der Waals surface area contributed by atoms with Crippen LogP contribution in [0.1, 0.15) is 16.2 Å². The molecule has 1 heterocycles. The van der Waals surface area contributed by atoms with E-state index in [1.807, 2.05) is 30.3 Å². The first kappa shape index (κ1) is 21.3. The zero-order valence-electron chi connectivity index (χ0n) is 16.6. The van der Waals surface area contributed by atoms with Crippen LogP contribution in [-0.2, 0) is 16.6 Å². The van der Waals surface area contributed by atoms with Gasteiger partial charge in [-0.2, -0.15) is 0 Å². The average Bonchev–Trinajstić information content (AvgIpc) is 3.22. The van der Waals surface area contributed by atoms with Gasteiger partial charge < -0.3 is 14.3 Å². The van der Waals surface area contributed by atoms with Crippen molar-refractivity contribution < 1.29 is 27.5 Å². The molecule has 0 fully saturated rings. The second-order valence-corrected chi connectivity index (χ2v) is 8.40. The zero-order chi connectivity index (χ0) is 22.7. The number of nitrogens with zero attached hydrogens (tertiary/aromatic N) is 1. The number of nitrogens with two attached hydrogens (primary N) is 1. The number of aromatic carboxylic acids is 1. The van der Waals surface area contributed by atoms with Gasteiger partial charge in [-0.25, -0.2) is 23.3 Å². The van der Waals surface area contributed by atoms with Crippen LogP contribution >= 0.6 is 0 Å². The van der Waals surface area contributed by atoms with Gasteiger partial charge in [0.2, 0.25) is 15.9 Å². The second-order valence-electron chi connectivity index (χ2n) is 6.84. The molecular weight excluding hydrogens is 432 g/mol. The lowest BCUT2D eigenvalue weighted by Crippen LogP contribution is -2.11. The third-order valence-corrected chi connectivity index (χ3v) is 5.54. The molecule has 4 rings (SSSR count). The summed E-state index contributed by atoms with van der Waals surface area (Å²) in [6, 6.07) is 21.4. The van der Waals surface area contributed by atoms with E-state index in [2.05, 4.69) is 4.98 Å². The Morgan fingerprint density at radius 1 is 0.969 bits per heavy atom. The van der Waals surface area contributed by atoms with E-state index in [0.29, 0.717) is 22.8 Å². The summed E-state index contributed by atoms with van der Waals surface area (Å²) < 4.78 is 34.7. The van der Waals surface area contributed by atoms with Crippen LogP contribution in [0.3, 0.4) is 0 Å². The number of benzene rings is 3. The number of hydrogen-bond acceptors (Lipinski definition) is 6. The summed E-state index contributed by atoms with van der Waals surface area (Å²) in [7, 11) is -3.82. The maximum absolute atomic E-state index is 11.5. The van der Waals surface area contributed by atoms with Gasteiger partial charge in [0.15, 0.2) is 12.4 Å². The number of aromatic nitrogens is 1. The number of carbonyl (C=O) groups is 1. The third-order valence-electron chi connectivity index (χ3n) is 4.61. The average molecular weight is 450 g/mol. The monoisotopic (exact) mass is 450 g/mol. The summed E-state index contributed by atoms with van der Waals surface area (Å²) in [5.74, 6) is 0.0248. The molecule has 3 aromatic carbocycles. The lowest BCUT2D eigenvalue weighted by molar-refractivity contribution is 0.0696. The lowest BCUT2D eigenvalue weighted by Gasteiger charge is -2.04.